The number of hydrogen-bond acceptors (Lipinski definition) is 5. The fourth-order valence-corrected chi connectivity index (χ4v) is 6.86. The lowest BCUT2D eigenvalue weighted by molar-refractivity contribution is 0.0697. The van der Waals surface area contributed by atoms with Gasteiger partial charge in [-0.05, 0) is 50.3 Å². The number of likely N-dealkylation sites (tertiary alicyclic amines) is 1. The van der Waals surface area contributed by atoms with E-state index in [1.807, 2.05) is 39.9 Å². The highest BCUT2D eigenvalue weighted by Gasteiger charge is 2.37. The first-order chi connectivity index (χ1) is 15.5. The van der Waals surface area contributed by atoms with Crippen molar-refractivity contribution in [3.05, 3.63) is 47.5 Å². The molecule has 1 aromatic carbocycles. The highest BCUT2D eigenvalue weighted by atomic mass is 32.2. The van der Waals surface area contributed by atoms with Crippen molar-refractivity contribution in [3.63, 3.8) is 0 Å². The van der Waals surface area contributed by atoms with Gasteiger partial charge in [-0.3, -0.25) is 9.48 Å². The molecule has 3 fully saturated rings. The lowest BCUT2D eigenvalue weighted by atomic mass is 9.97. The molecular weight excluding hydrogens is 426 g/mol. The van der Waals surface area contributed by atoms with Crippen LogP contribution >= 0.6 is 0 Å². The predicted octanol–water partition coefficient (Wildman–Crippen LogP) is 3.02. The van der Waals surface area contributed by atoms with Gasteiger partial charge in [0.2, 0.25) is 0 Å². The van der Waals surface area contributed by atoms with Crippen molar-refractivity contribution in [2.24, 2.45) is 0 Å². The van der Waals surface area contributed by atoms with Gasteiger partial charge in [-0.25, -0.2) is 13.4 Å². The van der Waals surface area contributed by atoms with E-state index in [4.69, 9.17) is 4.98 Å². The van der Waals surface area contributed by atoms with Crippen LogP contribution in [-0.4, -0.2) is 63.6 Å². The molecule has 3 aromatic rings. The number of para-hydroxylation sites is 2. The van der Waals surface area contributed by atoms with Gasteiger partial charge in [-0.15, -0.1) is 0 Å². The number of sulfone groups is 1. The Morgan fingerprint density at radius 2 is 1.94 bits per heavy atom. The molecule has 0 spiro atoms. The van der Waals surface area contributed by atoms with Gasteiger partial charge >= 0.3 is 0 Å². The Kier molecular flexibility index (Phi) is 4.64. The van der Waals surface area contributed by atoms with Crippen molar-refractivity contribution in [3.8, 4) is 0 Å². The van der Waals surface area contributed by atoms with Crippen LogP contribution in [0.1, 0.15) is 72.0 Å². The van der Waals surface area contributed by atoms with E-state index in [-0.39, 0.29) is 29.4 Å². The van der Waals surface area contributed by atoms with Crippen LogP contribution in [0.5, 0.6) is 0 Å². The summed E-state index contributed by atoms with van der Waals surface area (Å²) in [6, 6.07) is 9.75. The molecule has 2 saturated heterocycles. The molecule has 4 heterocycles. The zero-order chi connectivity index (χ0) is 21.9. The maximum atomic E-state index is 13.4. The quantitative estimate of drug-likeness (QED) is 0.654. The molecule has 0 radical (unpaired) electrons. The van der Waals surface area contributed by atoms with Gasteiger partial charge in [-0.1, -0.05) is 12.1 Å². The molecule has 1 saturated carbocycles. The number of aromatic nitrogens is 4. The lowest BCUT2D eigenvalue weighted by Gasteiger charge is -2.31. The Morgan fingerprint density at radius 1 is 1.09 bits per heavy atom. The Balaban J connectivity index is 1.24. The van der Waals surface area contributed by atoms with Gasteiger partial charge in [0, 0.05) is 30.6 Å². The van der Waals surface area contributed by atoms with Crippen molar-refractivity contribution >= 4 is 26.8 Å². The Hall–Kier alpha value is -2.68. The van der Waals surface area contributed by atoms with Gasteiger partial charge in [0.25, 0.3) is 5.91 Å². The van der Waals surface area contributed by atoms with E-state index in [2.05, 4.69) is 10.1 Å². The SMILES string of the molecule is O=C(c1cc(C2CC2)n(C2CCS(=O)(=O)C2)n1)N1CCCC(c2nc3ccccc3[nH]2)C1. The molecule has 1 aliphatic carbocycles. The number of carbonyl (C=O) groups is 1. The fourth-order valence-electron chi connectivity index (χ4n) is 5.17. The molecular formula is C23H27N5O3S. The van der Waals surface area contributed by atoms with Crippen LogP contribution in [0, 0.1) is 0 Å². The molecule has 1 N–H and O–H groups in total. The number of fused-ring (bicyclic) bond motifs is 1. The maximum absolute atomic E-state index is 13.4. The summed E-state index contributed by atoms with van der Waals surface area (Å²) in [5.74, 6) is 1.77. The number of H-pyrrole nitrogens is 1. The molecule has 6 rings (SSSR count). The smallest absolute Gasteiger partial charge is 0.274 e. The number of nitrogens with one attached hydrogen (secondary N) is 1. The van der Waals surface area contributed by atoms with Crippen LogP contribution in [0.15, 0.2) is 30.3 Å². The summed E-state index contributed by atoms with van der Waals surface area (Å²) in [5.41, 5.74) is 3.44. The monoisotopic (exact) mass is 453 g/mol. The molecule has 2 aromatic heterocycles. The first-order valence-corrected chi connectivity index (χ1v) is 13.3. The second-order valence-corrected chi connectivity index (χ2v) is 11.7. The van der Waals surface area contributed by atoms with E-state index < -0.39 is 9.84 Å². The van der Waals surface area contributed by atoms with Gasteiger partial charge in [-0.2, -0.15) is 5.10 Å². The number of amides is 1. The molecule has 32 heavy (non-hydrogen) atoms. The number of nitrogens with zero attached hydrogens (tertiary/aromatic N) is 4. The number of aromatic amines is 1. The van der Waals surface area contributed by atoms with Crippen molar-refractivity contribution in [1.82, 2.24) is 24.6 Å². The summed E-state index contributed by atoms with van der Waals surface area (Å²) in [7, 11) is -3.01. The zero-order valence-corrected chi connectivity index (χ0v) is 18.7. The number of hydrogen-bond donors (Lipinski definition) is 1. The molecule has 9 heteroatoms. The van der Waals surface area contributed by atoms with E-state index in [0.29, 0.717) is 31.1 Å². The third kappa shape index (κ3) is 3.62. The summed E-state index contributed by atoms with van der Waals surface area (Å²) in [6.07, 6.45) is 4.65. The van der Waals surface area contributed by atoms with Crippen LogP contribution in [0.2, 0.25) is 0 Å². The third-order valence-corrected chi connectivity index (χ3v) is 8.79. The summed E-state index contributed by atoms with van der Waals surface area (Å²) in [5, 5.41) is 4.66. The minimum Gasteiger partial charge on any atom is -0.342 e. The van der Waals surface area contributed by atoms with E-state index in [1.54, 1.807) is 0 Å². The number of benzene rings is 1. The standard InChI is InChI=1S/C23H27N5O3S/c29-23(20-12-21(15-7-8-15)28(26-20)17-9-11-32(30,31)14-17)27-10-3-4-16(13-27)22-24-18-5-1-2-6-19(18)25-22/h1-2,5-6,12,15-17H,3-4,7-11,13-14H2,(H,24,25). The molecule has 1 amide bonds. The number of piperidine rings is 1. The molecule has 3 aliphatic rings. The van der Waals surface area contributed by atoms with Gasteiger partial charge < -0.3 is 9.88 Å². The average Bonchev–Trinajstić information content (AvgIpc) is 3.23. The second kappa shape index (κ2) is 7.43. The summed E-state index contributed by atoms with van der Waals surface area (Å²) in [4.78, 5) is 23.5. The highest BCUT2D eigenvalue weighted by molar-refractivity contribution is 7.91. The second-order valence-electron chi connectivity index (χ2n) is 9.46. The summed E-state index contributed by atoms with van der Waals surface area (Å²) < 4.78 is 25.9. The summed E-state index contributed by atoms with van der Waals surface area (Å²) >= 11 is 0. The predicted molar refractivity (Wildman–Crippen MR) is 120 cm³/mol. The van der Waals surface area contributed by atoms with E-state index >= 15 is 0 Å². The topological polar surface area (TPSA) is 101 Å². The van der Waals surface area contributed by atoms with Crippen molar-refractivity contribution in [1.29, 1.82) is 0 Å². The van der Waals surface area contributed by atoms with Crippen LogP contribution in [-0.2, 0) is 9.84 Å². The largest absolute Gasteiger partial charge is 0.342 e. The molecule has 2 atom stereocenters. The van der Waals surface area contributed by atoms with Crippen molar-refractivity contribution < 1.29 is 13.2 Å². The fraction of sp³-hybridized carbons (Fsp3) is 0.522. The zero-order valence-electron chi connectivity index (χ0n) is 17.9. The Bertz CT molecular complexity index is 1260. The van der Waals surface area contributed by atoms with Crippen LogP contribution in [0.4, 0.5) is 0 Å². The van der Waals surface area contributed by atoms with E-state index in [0.717, 1.165) is 48.2 Å². The highest BCUT2D eigenvalue weighted by Crippen LogP contribution is 2.42. The molecule has 8 nitrogen and oxygen atoms in total. The molecule has 2 unspecified atom stereocenters. The first-order valence-electron chi connectivity index (χ1n) is 11.5. The van der Waals surface area contributed by atoms with E-state index in [1.165, 1.54) is 0 Å². The minimum atomic E-state index is -3.01. The third-order valence-electron chi connectivity index (χ3n) is 7.04. The van der Waals surface area contributed by atoms with Crippen molar-refractivity contribution in [2.45, 2.75) is 50.0 Å². The van der Waals surface area contributed by atoms with Gasteiger partial charge in [0.15, 0.2) is 15.5 Å². The molecule has 168 valence electrons. The first kappa shape index (κ1) is 20.0. The number of rotatable bonds is 4. The van der Waals surface area contributed by atoms with Crippen LogP contribution in [0.3, 0.4) is 0 Å². The molecule has 2 aliphatic heterocycles. The van der Waals surface area contributed by atoms with Gasteiger partial charge in [0.1, 0.15) is 5.82 Å². The normalized spacial score (nSPS) is 25.4. The van der Waals surface area contributed by atoms with Crippen LogP contribution < -0.4 is 0 Å². The lowest BCUT2D eigenvalue weighted by Crippen LogP contribution is -2.39. The average molecular weight is 454 g/mol. The molecule has 0 bridgehead atoms. The summed E-state index contributed by atoms with van der Waals surface area (Å²) in [6.45, 7) is 1.32. The van der Waals surface area contributed by atoms with E-state index in [9.17, 15) is 13.2 Å². The Morgan fingerprint density at radius 3 is 2.69 bits per heavy atom. The van der Waals surface area contributed by atoms with Crippen LogP contribution in [0.25, 0.3) is 11.0 Å². The number of carbonyl (C=O) groups excluding carboxylic acids is 1. The Labute approximate surface area is 186 Å². The number of imidazole rings is 1. The van der Waals surface area contributed by atoms with Gasteiger partial charge in [0.05, 0.1) is 28.6 Å². The van der Waals surface area contributed by atoms with Crippen molar-refractivity contribution in [2.75, 3.05) is 24.6 Å². The maximum Gasteiger partial charge on any atom is 0.274 e. The minimum absolute atomic E-state index is 0.0627.